The Morgan fingerprint density at radius 1 is 1.36 bits per heavy atom. The fraction of sp³-hybridized carbons (Fsp3) is 0.636. The average Bonchev–Trinajstić information content (AvgIpc) is 2.10. The van der Waals surface area contributed by atoms with Crippen molar-refractivity contribution < 1.29 is 0 Å². The van der Waals surface area contributed by atoms with E-state index >= 15 is 0 Å². The summed E-state index contributed by atoms with van der Waals surface area (Å²) < 4.78 is 0. The first-order valence-corrected chi connectivity index (χ1v) is 4.60. The summed E-state index contributed by atoms with van der Waals surface area (Å²) in [6.07, 6.45) is 7.66. The Labute approximate surface area is 72.0 Å². The standard InChI is InChI=1S/C9H16.C2H6/c1-4-7-8-9(5-2)6-3;1-2/h4-5H,1,6-8H2,2-3H3;1-2H3/b9-5-;. The number of rotatable bonds is 4. The van der Waals surface area contributed by atoms with Gasteiger partial charge in [-0.05, 0) is 26.2 Å². The largest absolute Gasteiger partial charge is 0.103 e. The van der Waals surface area contributed by atoms with E-state index in [9.17, 15) is 0 Å². The summed E-state index contributed by atoms with van der Waals surface area (Å²) in [6, 6.07) is 0. The highest BCUT2D eigenvalue weighted by atomic mass is 13.9. The molecular weight excluding hydrogens is 132 g/mol. The molecule has 66 valence electrons. The molecule has 0 amide bonds. The van der Waals surface area contributed by atoms with Crippen LogP contribution < -0.4 is 0 Å². The molecule has 0 radical (unpaired) electrons. The first-order valence-electron chi connectivity index (χ1n) is 4.60. The van der Waals surface area contributed by atoms with Crippen molar-refractivity contribution >= 4 is 0 Å². The van der Waals surface area contributed by atoms with Crippen LogP contribution in [0.3, 0.4) is 0 Å². The van der Waals surface area contributed by atoms with Crippen molar-refractivity contribution in [3.05, 3.63) is 24.3 Å². The monoisotopic (exact) mass is 154 g/mol. The summed E-state index contributed by atoms with van der Waals surface area (Å²) in [6.45, 7) is 12.0. The zero-order chi connectivity index (χ0) is 9.11. The van der Waals surface area contributed by atoms with Crippen LogP contribution in [0, 0.1) is 0 Å². The summed E-state index contributed by atoms with van der Waals surface area (Å²) in [5.41, 5.74) is 1.54. The summed E-state index contributed by atoms with van der Waals surface area (Å²) in [5.74, 6) is 0. The maximum atomic E-state index is 3.67. The molecule has 0 fully saturated rings. The van der Waals surface area contributed by atoms with E-state index in [4.69, 9.17) is 0 Å². The molecule has 0 aromatic carbocycles. The van der Waals surface area contributed by atoms with Crippen molar-refractivity contribution in [3.8, 4) is 0 Å². The van der Waals surface area contributed by atoms with Gasteiger partial charge in [-0.25, -0.2) is 0 Å². The third kappa shape index (κ3) is 9.48. The third-order valence-corrected chi connectivity index (χ3v) is 1.53. The molecule has 0 saturated heterocycles. The number of allylic oxidation sites excluding steroid dienone is 3. The number of hydrogen-bond acceptors (Lipinski definition) is 0. The molecule has 0 aliphatic rings. The molecule has 0 atom stereocenters. The molecule has 0 saturated carbocycles. The molecule has 0 heterocycles. The molecule has 0 aromatic rings. The molecule has 0 aromatic heterocycles. The average molecular weight is 154 g/mol. The van der Waals surface area contributed by atoms with Crippen LogP contribution in [0.4, 0.5) is 0 Å². The Hall–Kier alpha value is -0.520. The van der Waals surface area contributed by atoms with Gasteiger partial charge in [-0.15, -0.1) is 6.58 Å². The minimum Gasteiger partial charge on any atom is -0.103 e. The quantitative estimate of drug-likeness (QED) is 0.528. The van der Waals surface area contributed by atoms with Crippen molar-refractivity contribution in [1.29, 1.82) is 0 Å². The summed E-state index contributed by atoms with van der Waals surface area (Å²) in [4.78, 5) is 0. The lowest BCUT2D eigenvalue weighted by Gasteiger charge is -1.98. The molecule has 0 bridgehead atoms. The predicted molar refractivity (Wildman–Crippen MR) is 54.8 cm³/mol. The molecule has 0 nitrogen and oxygen atoms in total. The molecule has 0 rings (SSSR count). The summed E-state index contributed by atoms with van der Waals surface area (Å²) in [5, 5.41) is 0. The Morgan fingerprint density at radius 2 is 1.91 bits per heavy atom. The van der Waals surface area contributed by atoms with Gasteiger partial charge in [0.1, 0.15) is 0 Å². The van der Waals surface area contributed by atoms with Gasteiger partial charge in [0, 0.05) is 0 Å². The fourth-order valence-electron chi connectivity index (χ4n) is 0.813. The zero-order valence-electron chi connectivity index (χ0n) is 8.48. The SMILES string of the molecule is C=CCC/C(=C\C)CC.CC. The first kappa shape index (κ1) is 13.1. The molecule has 0 heteroatoms. The third-order valence-electron chi connectivity index (χ3n) is 1.53. The van der Waals surface area contributed by atoms with E-state index in [-0.39, 0.29) is 0 Å². The molecule has 0 N–H and O–H groups in total. The Morgan fingerprint density at radius 3 is 2.18 bits per heavy atom. The molecule has 0 spiro atoms. The minimum atomic E-state index is 1.12. The van der Waals surface area contributed by atoms with Gasteiger partial charge in [0.25, 0.3) is 0 Å². The minimum absolute atomic E-state index is 1.12. The van der Waals surface area contributed by atoms with Crippen LogP contribution in [0.25, 0.3) is 0 Å². The molecule has 0 aliphatic heterocycles. The lowest BCUT2D eigenvalue weighted by atomic mass is 10.1. The fourth-order valence-corrected chi connectivity index (χ4v) is 0.813. The van der Waals surface area contributed by atoms with E-state index in [1.807, 2.05) is 19.9 Å². The van der Waals surface area contributed by atoms with Crippen molar-refractivity contribution in [2.45, 2.75) is 47.0 Å². The van der Waals surface area contributed by atoms with E-state index in [1.54, 1.807) is 0 Å². The van der Waals surface area contributed by atoms with Crippen molar-refractivity contribution in [2.24, 2.45) is 0 Å². The van der Waals surface area contributed by atoms with Gasteiger partial charge in [0.2, 0.25) is 0 Å². The second kappa shape index (κ2) is 12.2. The van der Waals surface area contributed by atoms with E-state index in [0.717, 1.165) is 6.42 Å². The maximum absolute atomic E-state index is 3.67. The molecular formula is C11H22. The van der Waals surface area contributed by atoms with Crippen LogP contribution in [0.2, 0.25) is 0 Å². The van der Waals surface area contributed by atoms with Crippen LogP contribution >= 0.6 is 0 Å². The van der Waals surface area contributed by atoms with Gasteiger partial charge in [0.05, 0.1) is 0 Å². The van der Waals surface area contributed by atoms with Gasteiger partial charge in [-0.3, -0.25) is 0 Å². The zero-order valence-corrected chi connectivity index (χ0v) is 8.48. The van der Waals surface area contributed by atoms with E-state index in [2.05, 4.69) is 26.5 Å². The van der Waals surface area contributed by atoms with Gasteiger partial charge < -0.3 is 0 Å². The van der Waals surface area contributed by atoms with Crippen molar-refractivity contribution in [2.75, 3.05) is 0 Å². The summed E-state index contributed by atoms with van der Waals surface area (Å²) >= 11 is 0. The van der Waals surface area contributed by atoms with Gasteiger partial charge >= 0.3 is 0 Å². The van der Waals surface area contributed by atoms with E-state index < -0.39 is 0 Å². The normalized spacial score (nSPS) is 10.0. The Kier molecular flexibility index (Phi) is 14.5. The van der Waals surface area contributed by atoms with Gasteiger partial charge in [-0.2, -0.15) is 0 Å². The Balaban J connectivity index is 0. The lowest BCUT2D eigenvalue weighted by Crippen LogP contribution is -1.77. The molecule has 11 heavy (non-hydrogen) atoms. The van der Waals surface area contributed by atoms with Crippen LogP contribution in [-0.4, -0.2) is 0 Å². The van der Waals surface area contributed by atoms with Crippen molar-refractivity contribution in [1.82, 2.24) is 0 Å². The van der Waals surface area contributed by atoms with Crippen LogP contribution in [0.5, 0.6) is 0 Å². The topological polar surface area (TPSA) is 0 Å². The van der Waals surface area contributed by atoms with Crippen LogP contribution in [-0.2, 0) is 0 Å². The highest BCUT2D eigenvalue weighted by molar-refractivity contribution is 5.00. The van der Waals surface area contributed by atoms with E-state index in [1.165, 1.54) is 18.4 Å². The second-order valence-electron chi connectivity index (χ2n) is 2.13. The highest BCUT2D eigenvalue weighted by Crippen LogP contribution is 2.08. The van der Waals surface area contributed by atoms with E-state index in [0.29, 0.717) is 0 Å². The maximum Gasteiger partial charge on any atom is -0.0286 e. The lowest BCUT2D eigenvalue weighted by molar-refractivity contribution is 0.906. The first-order chi connectivity index (χ1) is 5.35. The van der Waals surface area contributed by atoms with Gasteiger partial charge in [0.15, 0.2) is 0 Å². The predicted octanol–water partition coefficient (Wildman–Crippen LogP) is 4.34. The second-order valence-corrected chi connectivity index (χ2v) is 2.13. The van der Waals surface area contributed by atoms with Crippen molar-refractivity contribution in [3.63, 3.8) is 0 Å². The molecule has 0 aliphatic carbocycles. The van der Waals surface area contributed by atoms with Crippen LogP contribution in [0.15, 0.2) is 24.3 Å². The van der Waals surface area contributed by atoms with Gasteiger partial charge in [-0.1, -0.05) is 38.5 Å². The molecule has 0 unspecified atom stereocenters. The highest BCUT2D eigenvalue weighted by Gasteiger charge is 1.87. The smallest absolute Gasteiger partial charge is 0.0286 e. The van der Waals surface area contributed by atoms with Crippen LogP contribution in [0.1, 0.15) is 47.0 Å². The Bertz CT molecular complexity index is 98.6. The summed E-state index contributed by atoms with van der Waals surface area (Å²) in [7, 11) is 0. The number of hydrogen-bond donors (Lipinski definition) is 0.